The predicted octanol–water partition coefficient (Wildman–Crippen LogP) is 3.35. The van der Waals surface area contributed by atoms with Crippen molar-refractivity contribution in [2.75, 3.05) is 5.32 Å². The summed E-state index contributed by atoms with van der Waals surface area (Å²) in [6.07, 6.45) is 1.28. The van der Waals surface area contributed by atoms with Crippen LogP contribution in [-0.4, -0.2) is 17.5 Å². The summed E-state index contributed by atoms with van der Waals surface area (Å²) in [6.45, 7) is 5.82. The number of hydrogen-bond acceptors (Lipinski definition) is 3. The highest BCUT2D eigenvalue weighted by atomic mass is 127. The molecule has 5 heteroatoms. The highest BCUT2D eigenvalue weighted by molar-refractivity contribution is 14.1. The fourth-order valence-electron chi connectivity index (χ4n) is 3.51. The number of hydrogen-bond donors (Lipinski definition) is 1. The molecule has 21 heavy (non-hydrogen) atoms. The highest BCUT2D eigenvalue weighted by Crippen LogP contribution is 2.65. The van der Waals surface area contributed by atoms with Crippen LogP contribution in [0.3, 0.4) is 0 Å². The van der Waals surface area contributed by atoms with Gasteiger partial charge in [0.25, 0.3) is 5.91 Å². The molecule has 3 rings (SSSR count). The van der Waals surface area contributed by atoms with Crippen LogP contribution >= 0.6 is 22.6 Å². The van der Waals surface area contributed by atoms with Crippen molar-refractivity contribution in [2.24, 2.45) is 10.8 Å². The third-order valence-corrected chi connectivity index (χ3v) is 6.27. The summed E-state index contributed by atoms with van der Waals surface area (Å²) in [6, 6.07) is 7.57. The van der Waals surface area contributed by atoms with Crippen LogP contribution in [0.15, 0.2) is 24.3 Å². The molecule has 4 nitrogen and oxygen atoms in total. The van der Waals surface area contributed by atoms with Crippen LogP contribution in [0.1, 0.15) is 33.6 Å². The Labute approximate surface area is 137 Å². The van der Waals surface area contributed by atoms with Gasteiger partial charge in [-0.15, -0.1) is 0 Å². The Kier molecular flexibility index (Phi) is 3.13. The first-order valence-corrected chi connectivity index (χ1v) is 8.11. The lowest BCUT2D eigenvalue weighted by atomic mass is 9.66. The maximum absolute atomic E-state index is 12.8. The topological polar surface area (TPSA) is 55.4 Å². The number of halogens is 1. The smallest absolute Gasteiger partial charge is 0.313 e. The molecule has 0 aromatic heterocycles. The van der Waals surface area contributed by atoms with Crippen LogP contribution in [0.25, 0.3) is 0 Å². The lowest BCUT2D eigenvalue weighted by Gasteiger charge is -2.35. The van der Waals surface area contributed by atoms with Crippen molar-refractivity contribution in [3.05, 3.63) is 27.8 Å². The third-order valence-electron chi connectivity index (χ3n) is 5.55. The van der Waals surface area contributed by atoms with E-state index in [0.29, 0.717) is 12.8 Å². The van der Waals surface area contributed by atoms with Crippen molar-refractivity contribution in [3.63, 3.8) is 0 Å². The largest absolute Gasteiger partial charge is 0.448 e. The molecule has 0 radical (unpaired) electrons. The van der Waals surface area contributed by atoms with Crippen LogP contribution in [0.5, 0.6) is 0 Å². The van der Waals surface area contributed by atoms with Crippen LogP contribution in [-0.2, 0) is 14.3 Å². The Balaban J connectivity index is 1.91. The summed E-state index contributed by atoms with van der Waals surface area (Å²) in [7, 11) is 0. The Morgan fingerprint density at radius 2 is 1.81 bits per heavy atom. The number of amides is 1. The van der Waals surface area contributed by atoms with E-state index in [0.717, 1.165) is 9.26 Å². The van der Waals surface area contributed by atoms with Gasteiger partial charge in [-0.3, -0.25) is 9.59 Å². The molecule has 2 atom stereocenters. The van der Waals surface area contributed by atoms with E-state index in [9.17, 15) is 9.59 Å². The van der Waals surface area contributed by atoms with Gasteiger partial charge in [-0.2, -0.15) is 0 Å². The molecule has 1 amide bonds. The van der Waals surface area contributed by atoms with Gasteiger partial charge in [0.05, 0.1) is 5.41 Å². The van der Waals surface area contributed by atoms with E-state index in [-0.39, 0.29) is 11.9 Å². The minimum atomic E-state index is -1.05. The van der Waals surface area contributed by atoms with Gasteiger partial charge in [0, 0.05) is 14.7 Å². The van der Waals surface area contributed by atoms with Gasteiger partial charge in [-0.05, 0) is 66.6 Å². The third kappa shape index (κ3) is 1.79. The molecule has 2 fully saturated rings. The van der Waals surface area contributed by atoms with E-state index in [1.807, 2.05) is 45.0 Å². The first kappa shape index (κ1) is 14.8. The molecule has 112 valence electrons. The molecule has 1 aliphatic carbocycles. The highest BCUT2D eigenvalue weighted by Gasteiger charge is 2.75. The van der Waals surface area contributed by atoms with Gasteiger partial charge in [0.2, 0.25) is 0 Å². The van der Waals surface area contributed by atoms with Crippen LogP contribution in [0.4, 0.5) is 5.69 Å². The number of anilines is 1. The molecule has 1 aromatic carbocycles. The summed E-state index contributed by atoms with van der Waals surface area (Å²) in [4.78, 5) is 25.0. The summed E-state index contributed by atoms with van der Waals surface area (Å²) in [5.41, 5.74) is -1.41. The van der Waals surface area contributed by atoms with E-state index in [1.165, 1.54) is 0 Å². The van der Waals surface area contributed by atoms with Crippen molar-refractivity contribution in [1.82, 2.24) is 0 Å². The normalized spacial score (nSPS) is 32.9. The number of ether oxygens (including phenoxy) is 1. The molecule has 1 aromatic rings. The van der Waals surface area contributed by atoms with Gasteiger partial charge in [-0.25, -0.2) is 0 Å². The quantitative estimate of drug-likeness (QED) is 0.613. The first-order valence-electron chi connectivity index (χ1n) is 7.03. The molecule has 1 saturated carbocycles. The number of nitrogens with one attached hydrogen (secondary N) is 1. The monoisotopic (exact) mass is 399 g/mol. The Morgan fingerprint density at radius 1 is 1.19 bits per heavy atom. The van der Waals surface area contributed by atoms with E-state index in [1.54, 1.807) is 0 Å². The lowest BCUT2D eigenvalue weighted by Crippen LogP contribution is -2.50. The SMILES string of the molecule is CC1(C)[C@@]2(C)CC[C@@]1(C(=O)Nc1ccc(I)cc1)OC2=O. The number of rotatable bonds is 2. The zero-order valence-electron chi connectivity index (χ0n) is 12.3. The van der Waals surface area contributed by atoms with E-state index in [2.05, 4.69) is 27.9 Å². The predicted molar refractivity (Wildman–Crippen MR) is 87.7 cm³/mol. The van der Waals surface area contributed by atoms with Crippen molar-refractivity contribution >= 4 is 40.2 Å². The molecular formula is C16H18INO3. The minimum Gasteiger partial charge on any atom is -0.448 e. The number of fused-ring (bicyclic) bond motifs is 2. The fraction of sp³-hybridized carbons (Fsp3) is 0.500. The molecule has 1 aliphatic heterocycles. The Morgan fingerprint density at radius 3 is 2.29 bits per heavy atom. The first-order chi connectivity index (χ1) is 9.73. The number of benzene rings is 1. The van der Waals surface area contributed by atoms with E-state index < -0.39 is 16.4 Å². The van der Waals surface area contributed by atoms with Gasteiger partial charge in [-0.1, -0.05) is 13.8 Å². The van der Waals surface area contributed by atoms with Crippen LogP contribution in [0, 0.1) is 14.4 Å². The maximum atomic E-state index is 12.8. The van der Waals surface area contributed by atoms with E-state index in [4.69, 9.17) is 4.74 Å². The molecule has 1 heterocycles. The van der Waals surface area contributed by atoms with E-state index >= 15 is 0 Å². The van der Waals surface area contributed by atoms with Crippen molar-refractivity contribution in [3.8, 4) is 0 Å². The minimum absolute atomic E-state index is 0.219. The van der Waals surface area contributed by atoms with Crippen molar-refractivity contribution < 1.29 is 14.3 Å². The Hall–Kier alpha value is -1.11. The zero-order valence-corrected chi connectivity index (χ0v) is 14.5. The number of carbonyl (C=O) groups is 2. The summed E-state index contributed by atoms with van der Waals surface area (Å²) in [5.74, 6) is -0.472. The second-order valence-corrected chi connectivity index (χ2v) is 7.88. The van der Waals surface area contributed by atoms with Crippen molar-refractivity contribution in [1.29, 1.82) is 0 Å². The molecule has 1 saturated heterocycles. The summed E-state index contributed by atoms with van der Waals surface area (Å²) < 4.78 is 6.67. The zero-order chi connectivity index (χ0) is 15.5. The van der Waals surface area contributed by atoms with Crippen LogP contribution in [0.2, 0.25) is 0 Å². The average Bonchev–Trinajstić information content (AvgIpc) is 2.72. The lowest BCUT2D eigenvalue weighted by molar-refractivity contribution is -0.165. The van der Waals surface area contributed by atoms with Gasteiger partial charge < -0.3 is 10.1 Å². The van der Waals surface area contributed by atoms with Gasteiger partial charge in [0.15, 0.2) is 5.60 Å². The molecular weight excluding hydrogens is 381 g/mol. The second kappa shape index (κ2) is 4.44. The molecule has 0 spiro atoms. The molecule has 2 aliphatic rings. The second-order valence-electron chi connectivity index (χ2n) is 6.63. The van der Waals surface area contributed by atoms with Gasteiger partial charge >= 0.3 is 5.97 Å². The molecule has 2 bridgehead atoms. The standard InChI is InChI=1S/C16H18INO3/c1-14(2)15(3)8-9-16(14,21-13(15)20)12(19)18-11-6-4-10(17)5-7-11/h4-7H,8-9H2,1-3H3,(H,18,19)/t15-,16-/m0/s1. The summed E-state index contributed by atoms with van der Waals surface area (Å²) in [5, 5.41) is 2.90. The van der Waals surface area contributed by atoms with Crippen LogP contribution < -0.4 is 5.32 Å². The average molecular weight is 399 g/mol. The number of carbonyl (C=O) groups excluding carboxylic acids is 2. The molecule has 1 N–H and O–H groups in total. The van der Waals surface area contributed by atoms with Gasteiger partial charge in [0.1, 0.15) is 0 Å². The summed E-state index contributed by atoms with van der Waals surface area (Å²) >= 11 is 2.21. The Bertz CT molecular complexity index is 625. The van der Waals surface area contributed by atoms with Crippen molar-refractivity contribution in [2.45, 2.75) is 39.2 Å². The molecule has 0 unspecified atom stereocenters. The maximum Gasteiger partial charge on any atom is 0.313 e. The fourth-order valence-corrected chi connectivity index (χ4v) is 3.87. The number of esters is 1.